The van der Waals surface area contributed by atoms with Crippen molar-refractivity contribution < 1.29 is 14.3 Å². The summed E-state index contributed by atoms with van der Waals surface area (Å²) in [6, 6.07) is 8.33. The fourth-order valence-electron chi connectivity index (χ4n) is 2.56. The minimum Gasteiger partial charge on any atom is -0.465 e. The number of carbonyl (C=O) groups excluding carboxylic acids is 1. The van der Waals surface area contributed by atoms with Crippen LogP contribution < -0.4 is 16.0 Å². The van der Waals surface area contributed by atoms with Gasteiger partial charge >= 0.3 is 5.97 Å². The topological polar surface area (TPSA) is 131 Å². The monoisotopic (exact) mass is 324 g/mol. The quantitative estimate of drug-likeness (QED) is 0.780. The Balaban J connectivity index is 2.17. The molecule has 0 radical (unpaired) electrons. The van der Waals surface area contributed by atoms with Crippen molar-refractivity contribution >= 4 is 5.97 Å². The summed E-state index contributed by atoms with van der Waals surface area (Å²) in [5, 5.41) is 9.42. The van der Waals surface area contributed by atoms with Gasteiger partial charge in [-0.3, -0.25) is 4.79 Å². The van der Waals surface area contributed by atoms with Crippen LogP contribution >= 0.6 is 0 Å². The highest BCUT2D eigenvalue weighted by Gasteiger charge is 2.34. The standard InChI is InChI=1S/C16H12N4O4/c1-23-16(22)9-4-2-8(3-5-9)11-10(6-17)13(18)24-15-12(11)14(21)19-7-20-15/h2-5,7,11H,18H2,1H3,(H,19,20,21)/t11-/m1/s1. The zero-order chi connectivity index (χ0) is 17.3. The summed E-state index contributed by atoms with van der Waals surface area (Å²) in [5.41, 5.74) is 6.61. The molecule has 1 atom stereocenters. The number of rotatable bonds is 2. The number of esters is 1. The van der Waals surface area contributed by atoms with E-state index in [1.54, 1.807) is 24.3 Å². The van der Waals surface area contributed by atoms with Gasteiger partial charge in [0.25, 0.3) is 5.56 Å². The van der Waals surface area contributed by atoms with Gasteiger partial charge in [-0.25, -0.2) is 9.78 Å². The van der Waals surface area contributed by atoms with E-state index in [4.69, 9.17) is 10.5 Å². The summed E-state index contributed by atoms with van der Waals surface area (Å²) in [5.74, 6) is -1.27. The second-order valence-corrected chi connectivity index (χ2v) is 4.99. The number of nitrogens with zero attached hydrogens (tertiary/aromatic N) is 2. The van der Waals surface area contributed by atoms with Gasteiger partial charge in [0.15, 0.2) is 0 Å². The van der Waals surface area contributed by atoms with E-state index in [1.807, 2.05) is 6.07 Å². The molecule has 120 valence electrons. The van der Waals surface area contributed by atoms with Crippen LogP contribution in [-0.4, -0.2) is 23.0 Å². The largest absolute Gasteiger partial charge is 0.465 e. The summed E-state index contributed by atoms with van der Waals surface area (Å²) >= 11 is 0. The lowest BCUT2D eigenvalue weighted by atomic mass is 9.85. The molecule has 2 aromatic rings. The number of carbonyl (C=O) groups is 1. The molecule has 0 aliphatic carbocycles. The molecule has 0 saturated carbocycles. The van der Waals surface area contributed by atoms with Crippen molar-refractivity contribution in [1.29, 1.82) is 5.26 Å². The first-order valence-corrected chi connectivity index (χ1v) is 6.90. The molecule has 8 heteroatoms. The third-order valence-electron chi connectivity index (χ3n) is 3.69. The van der Waals surface area contributed by atoms with Gasteiger partial charge in [-0.1, -0.05) is 12.1 Å². The Kier molecular flexibility index (Phi) is 3.75. The number of hydrogen-bond donors (Lipinski definition) is 2. The van der Waals surface area contributed by atoms with Gasteiger partial charge in [-0.05, 0) is 17.7 Å². The van der Waals surface area contributed by atoms with Gasteiger partial charge in [0.05, 0.1) is 30.5 Å². The lowest BCUT2D eigenvalue weighted by molar-refractivity contribution is 0.0600. The van der Waals surface area contributed by atoms with E-state index >= 15 is 0 Å². The van der Waals surface area contributed by atoms with Crippen molar-refractivity contribution in [3.05, 3.63) is 69.1 Å². The number of hydrogen-bond acceptors (Lipinski definition) is 7. The van der Waals surface area contributed by atoms with E-state index < -0.39 is 17.4 Å². The number of ether oxygens (including phenoxy) is 2. The lowest BCUT2D eigenvalue weighted by Gasteiger charge is -2.24. The van der Waals surface area contributed by atoms with Crippen molar-refractivity contribution in [3.63, 3.8) is 0 Å². The summed E-state index contributed by atoms with van der Waals surface area (Å²) in [6.45, 7) is 0. The molecule has 0 amide bonds. The van der Waals surface area contributed by atoms with E-state index in [2.05, 4.69) is 14.7 Å². The van der Waals surface area contributed by atoms with E-state index in [9.17, 15) is 14.9 Å². The number of aromatic amines is 1. The van der Waals surface area contributed by atoms with Gasteiger partial charge in [-0.2, -0.15) is 5.26 Å². The Hall–Kier alpha value is -3.60. The molecular weight excluding hydrogens is 312 g/mol. The van der Waals surface area contributed by atoms with Crippen LogP contribution in [0.15, 0.2) is 46.8 Å². The molecule has 1 aliphatic rings. The number of benzene rings is 1. The summed E-state index contributed by atoms with van der Waals surface area (Å²) in [7, 11) is 1.29. The fourth-order valence-corrected chi connectivity index (χ4v) is 2.56. The number of aromatic nitrogens is 2. The summed E-state index contributed by atoms with van der Waals surface area (Å²) in [4.78, 5) is 30.2. The van der Waals surface area contributed by atoms with Crippen molar-refractivity contribution in [2.45, 2.75) is 5.92 Å². The summed E-state index contributed by atoms with van der Waals surface area (Å²) < 4.78 is 9.93. The Morgan fingerprint density at radius 1 is 1.42 bits per heavy atom. The molecule has 0 spiro atoms. The van der Waals surface area contributed by atoms with Crippen LogP contribution in [0.2, 0.25) is 0 Å². The van der Waals surface area contributed by atoms with E-state index in [0.29, 0.717) is 11.1 Å². The minimum atomic E-state index is -0.733. The van der Waals surface area contributed by atoms with Gasteiger partial charge in [0, 0.05) is 0 Å². The second kappa shape index (κ2) is 5.89. The fraction of sp³-hybridized carbons (Fsp3) is 0.125. The number of fused-ring (bicyclic) bond motifs is 1. The van der Waals surface area contributed by atoms with Crippen LogP contribution in [0.1, 0.15) is 27.4 Å². The van der Waals surface area contributed by atoms with Gasteiger partial charge in [0.1, 0.15) is 11.6 Å². The number of nitrogens with two attached hydrogens (primary N) is 1. The average molecular weight is 324 g/mol. The highest BCUT2D eigenvalue weighted by Crippen LogP contribution is 2.38. The highest BCUT2D eigenvalue weighted by atomic mass is 16.5. The molecule has 1 aromatic heterocycles. The highest BCUT2D eigenvalue weighted by molar-refractivity contribution is 5.89. The van der Waals surface area contributed by atoms with Crippen LogP contribution in [0.4, 0.5) is 0 Å². The Morgan fingerprint density at radius 2 is 2.12 bits per heavy atom. The second-order valence-electron chi connectivity index (χ2n) is 4.99. The van der Waals surface area contributed by atoms with Crippen molar-refractivity contribution in [3.8, 4) is 11.9 Å². The normalized spacial score (nSPS) is 15.9. The molecule has 0 fully saturated rings. The van der Waals surface area contributed by atoms with Crippen LogP contribution in [0.5, 0.6) is 5.88 Å². The predicted octanol–water partition coefficient (Wildman–Crippen LogP) is 0.775. The third kappa shape index (κ3) is 2.38. The molecule has 3 N–H and O–H groups in total. The first-order valence-electron chi connectivity index (χ1n) is 6.90. The number of nitrogens with one attached hydrogen (secondary N) is 1. The van der Waals surface area contributed by atoms with Crippen LogP contribution in [0.3, 0.4) is 0 Å². The number of allylic oxidation sites excluding steroid dienone is 1. The molecule has 3 rings (SSSR count). The Bertz CT molecular complexity index is 938. The molecule has 0 saturated heterocycles. The summed E-state index contributed by atoms with van der Waals surface area (Å²) in [6.07, 6.45) is 1.20. The van der Waals surface area contributed by atoms with Gasteiger partial charge in [0.2, 0.25) is 11.8 Å². The van der Waals surface area contributed by atoms with Crippen molar-refractivity contribution in [1.82, 2.24) is 9.97 Å². The predicted molar refractivity (Wildman–Crippen MR) is 81.9 cm³/mol. The van der Waals surface area contributed by atoms with E-state index in [-0.39, 0.29) is 22.9 Å². The number of H-pyrrole nitrogens is 1. The Morgan fingerprint density at radius 3 is 2.75 bits per heavy atom. The molecule has 8 nitrogen and oxygen atoms in total. The Labute approximate surface area is 136 Å². The molecule has 1 aromatic carbocycles. The van der Waals surface area contributed by atoms with Crippen LogP contribution in [-0.2, 0) is 4.74 Å². The minimum absolute atomic E-state index is 0.0531. The van der Waals surface area contributed by atoms with Crippen LogP contribution in [0, 0.1) is 11.3 Å². The molecular formula is C16H12N4O4. The maximum Gasteiger partial charge on any atom is 0.337 e. The number of methoxy groups -OCH3 is 1. The van der Waals surface area contributed by atoms with E-state index in [0.717, 1.165) is 0 Å². The van der Waals surface area contributed by atoms with Crippen LogP contribution in [0.25, 0.3) is 0 Å². The van der Waals surface area contributed by atoms with E-state index in [1.165, 1.54) is 13.4 Å². The lowest BCUT2D eigenvalue weighted by Crippen LogP contribution is -2.28. The SMILES string of the molecule is COC(=O)c1ccc([C@@H]2C(C#N)=C(N)Oc3nc[nH]c(=O)c32)cc1. The van der Waals surface area contributed by atoms with Crippen molar-refractivity contribution in [2.24, 2.45) is 5.73 Å². The van der Waals surface area contributed by atoms with Gasteiger partial charge in [-0.15, -0.1) is 0 Å². The molecule has 0 bridgehead atoms. The average Bonchev–Trinajstić information content (AvgIpc) is 2.60. The molecule has 24 heavy (non-hydrogen) atoms. The van der Waals surface area contributed by atoms with Gasteiger partial charge < -0.3 is 20.2 Å². The number of nitriles is 1. The molecule has 0 unspecified atom stereocenters. The first-order chi connectivity index (χ1) is 11.6. The maximum absolute atomic E-state index is 12.2. The molecule has 1 aliphatic heterocycles. The first kappa shape index (κ1) is 15.3. The zero-order valence-electron chi connectivity index (χ0n) is 12.6. The smallest absolute Gasteiger partial charge is 0.337 e. The molecule has 2 heterocycles. The van der Waals surface area contributed by atoms with Crippen molar-refractivity contribution in [2.75, 3.05) is 7.11 Å². The third-order valence-corrected chi connectivity index (χ3v) is 3.69. The zero-order valence-corrected chi connectivity index (χ0v) is 12.6. The maximum atomic E-state index is 12.2.